The zero-order valence-electron chi connectivity index (χ0n) is 15.9. The summed E-state index contributed by atoms with van der Waals surface area (Å²) in [6.45, 7) is 3.96. The van der Waals surface area contributed by atoms with Gasteiger partial charge in [0.25, 0.3) is 5.69 Å². The third-order valence-corrected chi connectivity index (χ3v) is 5.71. The van der Waals surface area contributed by atoms with Gasteiger partial charge in [0.15, 0.2) is 0 Å². The summed E-state index contributed by atoms with van der Waals surface area (Å²) in [7, 11) is -9.94. The van der Waals surface area contributed by atoms with Crippen LogP contribution in [0.3, 0.4) is 0 Å². The highest BCUT2D eigenvalue weighted by Gasteiger charge is 2.31. The van der Waals surface area contributed by atoms with Crippen molar-refractivity contribution in [3.8, 4) is 0 Å². The van der Waals surface area contributed by atoms with E-state index in [4.69, 9.17) is 14.7 Å². The van der Waals surface area contributed by atoms with Crippen molar-refractivity contribution in [2.24, 2.45) is 0 Å². The highest BCUT2D eigenvalue weighted by molar-refractivity contribution is 7.60. The summed E-state index contributed by atoms with van der Waals surface area (Å²) >= 11 is 0. The summed E-state index contributed by atoms with van der Waals surface area (Å²) in [5, 5.41) is 13.8. The largest absolute Gasteiger partial charge is 0.481 e. The number of non-ortho nitro benzene ring substituents is 1. The summed E-state index contributed by atoms with van der Waals surface area (Å²) in [5.41, 5.74) is 2.71. The van der Waals surface area contributed by atoms with Crippen LogP contribution in [0.5, 0.6) is 0 Å². The zero-order chi connectivity index (χ0) is 22.1. The van der Waals surface area contributed by atoms with E-state index in [1.165, 1.54) is 18.2 Å². The normalized spacial score (nSPS) is 15.1. The predicted octanol–water partition coefficient (Wildman–Crippen LogP) is 3.91. The molecule has 0 spiro atoms. The van der Waals surface area contributed by atoms with E-state index in [9.17, 15) is 19.2 Å². The summed E-state index contributed by atoms with van der Waals surface area (Å²) in [5.74, 6) is 0. The Morgan fingerprint density at radius 2 is 1.76 bits per heavy atom. The van der Waals surface area contributed by atoms with E-state index in [1.807, 2.05) is 13.0 Å². The maximum Gasteiger partial charge on any atom is 0.481 e. The van der Waals surface area contributed by atoms with Crippen LogP contribution in [0.2, 0.25) is 0 Å². The fourth-order valence-corrected chi connectivity index (χ4v) is 3.62. The molecule has 4 N–H and O–H groups in total. The number of nitrogens with one attached hydrogen (secondary N) is 1. The lowest BCUT2D eigenvalue weighted by molar-refractivity contribution is -0.384. The fourth-order valence-electron chi connectivity index (χ4n) is 2.09. The molecule has 1 atom stereocenters. The lowest BCUT2D eigenvalue weighted by atomic mass is 10.1. The number of nitro groups is 1. The van der Waals surface area contributed by atoms with Crippen LogP contribution >= 0.6 is 15.6 Å². The van der Waals surface area contributed by atoms with Crippen molar-refractivity contribution in [1.29, 1.82) is 0 Å². The molecular weight excluding hydrogens is 426 g/mol. The monoisotopic (exact) mass is 450 g/mol. The molecule has 11 nitrogen and oxygen atoms in total. The highest BCUT2D eigenvalue weighted by atomic mass is 31.3. The van der Waals surface area contributed by atoms with Crippen LogP contribution in [-0.4, -0.2) is 32.8 Å². The van der Waals surface area contributed by atoms with Crippen LogP contribution < -0.4 is 5.32 Å². The molecule has 13 heteroatoms. The number of benzene rings is 1. The molecule has 0 bridgehead atoms. The Bertz CT molecular complexity index is 846. The number of rotatable bonds is 12. The summed E-state index contributed by atoms with van der Waals surface area (Å²) in [6, 6.07) is 6.12. The Balaban J connectivity index is 2.37. The van der Waals surface area contributed by atoms with E-state index in [0.717, 1.165) is 16.8 Å². The van der Waals surface area contributed by atoms with E-state index < -0.39 is 20.6 Å². The number of phosphoric ester groups is 1. The predicted molar refractivity (Wildman–Crippen MR) is 107 cm³/mol. The average molecular weight is 450 g/mol. The molecule has 1 rings (SSSR count). The van der Waals surface area contributed by atoms with Crippen molar-refractivity contribution in [2.75, 3.05) is 18.5 Å². The van der Waals surface area contributed by atoms with Gasteiger partial charge < -0.3 is 20.0 Å². The number of phosphoric acid groups is 2. The molecule has 0 saturated heterocycles. The van der Waals surface area contributed by atoms with Gasteiger partial charge in [0.1, 0.15) is 0 Å². The molecule has 1 aromatic rings. The molecule has 0 aromatic heterocycles. The number of anilines is 1. The molecule has 0 amide bonds. The van der Waals surface area contributed by atoms with Gasteiger partial charge >= 0.3 is 15.6 Å². The van der Waals surface area contributed by atoms with Crippen molar-refractivity contribution >= 4 is 27.0 Å². The second-order valence-electron chi connectivity index (χ2n) is 6.13. The van der Waals surface area contributed by atoms with Gasteiger partial charge in [-0.2, -0.15) is 4.31 Å². The minimum Gasteiger partial charge on any atom is -0.381 e. The molecule has 0 aliphatic rings. The van der Waals surface area contributed by atoms with E-state index in [-0.39, 0.29) is 12.3 Å². The molecule has 0 radical (unpaired) electrons. The first-order chi connectivity index (χ1) is 13.4. The third kappa shape index (κ3) is 11.7. The lowest BCUT2D eigenvalue weighted by Gasteiger charge is -2.11. The quantitative estimate of drug-likeness (QED) is 0.159. The number of nitro benzene ring substituents is 1. The van der Waals surface area contributed by atoms with Crippen molar-refractivity contribution in [3.05, 3.63) is 57.7 Å². The first kappa shape index (κ1) is 25.2. The number of hydrogen-bond acceptors (Lipinski definition) is 7. The second-order valence-corrected chi connectivity index (χ2v) is 8.96. The molecule has 0 heterocycles. The third-order valence-electron chi connectivity index (χ3n) is 3.56. The van der Waals surface area contributed by atoms with Crippen molar-refractivity contribution in [1.82, 2.24) is 0 Å². The Labute approximate surface area is 168 Å². The minimum atomic E-state index is -5.12. The van der Waals surface area contributed by atoms with Gasteiger partial charge in [0.05, 0.1) is 11.5 Å². The summed E-state index contributed by atoms with van der Waals surface area (Å²) in [6.07, 6.45) is 4.87. The van der Waals surface area contributed by atoms with E-state index in [0.29, 0.717) is 19.4 Å². The molecular formula is C16H24N2O9P2. The Morgan fingerprint density at radius 1 is 1.14 bits per heavy atom. The van der Waals surface area contributed by atoms with Gasteiger partial charge in [0, 0.05) is 24.4 Å². The van der Waals surface area contributed by atoms with Gasteiger partial charge in [-0.15, -0.1) is 0 Å². The average Bonchev–Trinajstić information content (AvgIpc) is 2.58. The smallest absolute Gasteiger partial charge is 0.381 e. The van der Waals surface area contributed by atoms with Gasteiger partial charge in [-0.3, -0.25) is 14.6 Å². The molecule has 1 aromatic carbocycles. The first-order valence-corrected chi connectivity index (χ1v) is 11.4. The second kappa shape index (κ2) is 11.4. The molecule has 0 aliphatic heterocycles. The van der Waals surface area contributed by atoms with Gasteiger partial charge in [-0.1, -0.05) is 23.3 Å². The maximum atomic E-state index is 11.3. The molecule has 29 heavy (non-hydrogen) atoms. The zero-order valence-corrected chi connectivity index (χ0v) is 17.7. The van der Waals surface area contributed by atoms with Crippen LogP contribution in [0.4, 0.5) is 11.4 Å². The number of hydrogen-bond donors (Lipinski definition) is 4. The summed E-state index contributed by atoms with van der Waals surface area (Å²) in [4.78, 5) is 36.3. The Hall–Kier alpha value is -1.84. The minimum absolute atomic E-state index is 0.0277. The van der Waals surface area contributed by atoms with Crippen LogP contribution in [0.1, 0.15) is 26.7 Å². The number of allylic oxidation sites excluding steroid dienone is 2. The lowest BCUT2D eigenvalue weighted by Crippen LogP contribution is -2.02. The Morgan fingerprint density at radius 3 is 2.31 bits per heavy atom. The molecule has 162 valence electrons. The van der Waals surface area contributed by atoms with E-state index in [2.05, 4.69) is 14.2 Å². The van der Waals surface area contributed by atoms with Gasteiger partial charge in [0.2, 0.25) is 0 Å². The summed E-state index contributed by atoms with van der Waals surface area (Å²) < 4.78 is 30.0. The highest BCUT2D eigenvalue weighted by Crippen LogP contribution is 2.57. The van der Waals surface area contributed by atoms with Crippen LogP contribution in [-0.2, 0) is 18.0 Å². The van der Waals surface area contributed by atoms with E-state index in [1.54, 1.807) is 19.1 Å². The Kier molecular flexibility index (Phi) is 9.88. The topological polar surface area (TPSA) is 168 Å². The van der Waals surface area contributed by atoms with Gasteiger partial charge in [-0.25, -0.2) is 9.13 Å². The maximum absolute atomic E-state index is 11.3. The van der Waals surface area contributed by atoms with Crippen molar-refractivity contribution < 1.29 is 37.6 Å². The molecule has 0 fully saturated rings. The van der Waals surface area contributed by atoms with Crippen molar-refractivity contribution in [3.63, 3.8) is 0 Å². The number of nitrogens with zero attached hydrogens (tertiary/aromatic N) is 1. The SMILES string of the molecule is C/C(=C\COP(=O)(O)OP(=O)(O)O)CC/C=C(\C)CNc1ccc([N+](=O)[O-])cc1. The fraction of sp³-hybridized carbons (Fsp3) is 0.375. The van der Waals surface area contributed by atoms with Crippen molar-refractivity contribution in [2.45, 2.75) is 26.7 Å². The van der Waals surface area contributed by atoms with Crippen LogP contribution in [0, 0.1) is 10.1 Å². The van der Waals surface area contributed by atoms with Crippen LogP contribution in [0.15, 0.2) is 47.6 Å². The molecule has 1 unspecified atom stereocenters. The van der Waals surface area contributed by atoms with Crippen LogP contribution in [0.25, 0.3) is 0 Å². The molecule has 0 aliphatic carbocycles. The van der Waals surface area contributed by atoms with Gasteiger partial charge in [-0.05, 0) is 38.8 Å². The molecule has 0 saturated carbocycles. The standard InChI is InChI=1S/C16H24N2O9P2/c1-13(10-11-26-29(24,25)27-28(21,22)23)4-3-5-14(2)12-17-15-6-8-16(9-7-15)18(19)20/h5-10,17H,3-4,11-12H2,1-2H3,(H,24,25)(H2,21,22,23)/b13-10+,14-5+. The first-order valence-electron chi connectivity index (χ1n) is 8.42. The van der Waals surface area contributed by atoms with E-state index >= 15 is 0 Å².